The highest BCUT2D eigenvalue weighted by molar-refractivity contribution is 7.93. The molecule has 0 aliphatic rings. The predicted octanol–water partition coefficient (Wildman–Crippen LogP) is 4.04. The number of nitrogens with zero attached hydrogens (tertiary/aromatic N) is 4. The zero-order valence-corrected chi connectivity index (χ0v) is 22.3. The molecule has 11 heteroatoms. The number of esters is 1. The predicted molar refractivity (Wildman–Crippen MR) is 149 cm³/mol. The summed E-state index contributed by atoms with van der Waals surface area (Å²) >= 11 is 0. The van der Waals surface area contributed by atoms with Crippen molar-refractivity contribution in [2.24, 2.45) is 7.05 Å². The summed E-state index contributed by atoms with van der Waals surface area (Å²) in [5.41, 5.74) is 8.28. The van der Waals surface area contributed by atoms with Crippen molar-refractivity contribution in [3.63, 3.8) is 0 Å². The molecule has 0 radical (unpaired) electrons. The molecule has 5 rings (SSSR count). The number of imidazole rings is 1. The zero-order valence-electron chi connectivity index (χ0n) is 21.4. The first-order valence-electron chi connectivity index (χ1n) is 12.2. The topological polar surface area (TPSA) is 130 Å². The van der Waals surface area contributed by atoms with E-state index < -0.39 is 22.5 Å². The number of ether oxygens (including phenoxy) is 2. The lowest BCUT2D eigenvalue weighted by Gasteiger charge is -2.24. The van der Waals surface area contributed by atoms with Crippen LogP contribution in [0, 0.1) is 0 Å². The van der Waals surface area contributed by atoms with E-state index in [9.17, 15) is 13.2 Å². The summed E-state index contributed by atoms with van der Waals surface area (Å²) in [6.07, 6.45) is 1.53. The Morgan fingerprint density at radius 1 is 1.05 bits per heavy atom. The molecule has 0 aliphatic heterocycles. The summed E-state index contributed by atoms with van der Waals surface area (Å²) < 4.78 is 41.9. The van der Waals surface area contributed by atoms with Crippen LogP contribution in [0.15, 0.2) is 83.9 Å². The minimum Gasteiger partial charge on any atom is -0.486 e. The van der Waals surface area contributed by atoms with Crippen LogP contribution in [0.1, 0.15) is 12.7 Å². The van der Waals surface area contributed by atoms with Crippen molar-refractivity contribution < 1.29 is 22.7 Å². The van der Waals surface area contributed by atoms with Crippen LogP contribution in [0.25, 0.3) is 21.9 Å². The number of hydrogen-bond acceptors (Lipinski definition) is 8. The van der Waals surface area contributed by atoms with E-state index in [0.717, 1.165) is 9.82 Å². The molecule has 0 fully saturated rings. The fourth-order valence-electron chi connectivity index (χ4n) is 4.28. The summed E-state index contributed by atoms with van der Waals surface area (Å²) in [4.78, 5) is 21.5. The van der Waals surface area contributed by atoms with Gasteiger partial charge in [-0.1, -0.05) is 18.2 Å². The molecular weight excluding hydrogens is 518 g/mol. The third-order valence-corrected chi connectivity index (χ3v) is 8.04. The second-order valence-corrected chi connectivity index (χ2v) is 10.6. The van der Waals surface area contributed by atoms with Gasteiger partial charge in [-0.15, -0.1) is 0 Å². The lowest BCUT2D eigenvalue weighted by atomic mass is 10.2. The van der Waals surface area contributed by atoms with Crippen molar-refractivity contribution in [1.29, 1.82) is 0 Å². The summed E-state index contributed by atoms with van der Waals surface area (Å²) in [6, 6.07) is 20.5. The number of carbonyl (C=O) groups is 1. The Morgan fingerprint density at radius 3 is 2.59 bits per heavy atom. The number of para-hydroxylation sites is 1. The first-order chi connectivity index (χ1) is 18.8. The molecule has 0 amide bonds. The highest BCUT2D eigenvalue weighted by Crippen LogP contribution is 2.30. The summed E-state index contributed by atoms with van der Waals surface area (Å²) in [7, 11) is -2.36. The molecule has 39 heavy (non-hydrogen) atoms. The Bertz CT molecular complexity index is 1760. The molecule has 0 aliphatic carbocycles. The number of carbonyl (C=O) groups excluding carboxylic acids is 1. The van der Waals surface area contributed by atoms with Crippen LogP contribution in [0.5, 0.6) is 5.75 Å². The Labute approximate surface area is 225 Å². The first kappa shape index (κ1) is 26.0. The Balaban J connectivity index is 1.53. The van der Waals surface area contributed by atoms with Crippen LogP contribution in [-0.2, 0) is 33.2 Å². The van der Waals surface area contributed by atoms with Crippen LogP contribution >= 0.6 is 0 Å². The van der Waals surface area contributed by atoms with Crippen LogP contribution in [0.2, 0.25) is 0 Å². The monoisotopic (exact) mass is 545 g/mol. The van der Waals surface area contributed by atoms with E-state index in [0.29, 0.717) is 33.7 Å². The second-order valence-electron chi connectivity index (χ2n) is 8.77. The first-order valence-corrected chi connectivity index (χ1v) is 13.7. The number of rotatable bonds is 9. The standard InChI is InChI=1S/C28H27N5O5S/c1-3-37-27(34)17-33(39(35,36)25-8-4-6-19-7-5-15-30-28(19)25)21-11-14-24-23(16-21)31-26(32(24)2)18-38-22-12-9-20(29)10-13-22/h4-16H,3,17-18,29H2,1-2H3. The van der Waals surface area contributed by atoms with Crippen molar-refractivity contribution in [3.05, 3.63) is 84.8 Å². The number of hydrogen-bond donors (Lipinski definition) is 1. The Kier molecular flexibility index (Phi) is 7.07. The van der Waals surface area contributed by atoms with Gasteiger partial charge in [-0.2, -0.15) is 0 Å². The second kappa shape index (κ2) is 10.6. The fourth-order valence-corrected chi connectivity index (χ4v) is 5.85. The van der Waals surface area contributed by atoms with Crippen LogP contribution in [0.4, 0.5) is 11.4 Å². The Hall–Kier alpha value is -4.64. The highest BCUT2D eigenvalue weighted by Gasteiger charge is 2.30. The van der Waals surface area contributed by atoms with E-state index in [4.69, 9.17) is 15.2 Å². The van der Waals surface area contributed by atoms with Crippen molar-refractivity contribution in [1.82, 2.24) is 14.5 Å². The minimum absolute atomic E-state index is 0.0106. The van der Waals surface area contributed by atoms with Crippen molar-refractivity contribution in [3.8, 4) is 5.75 Å². The van der Waals surface area contributed by atoms with Crippen LogP contribution in [-0.4, -0.2) is 42.1 Å². The summed E-state index contributed by atoms with van der Waals surface area (Å²) in [5, 5.41) is 0.667. The molecule has 3 aromatic carbocycles. The molecule has 0 atom stereocenters. The lowest BCUT2D eigenvalue weighted by Crippen LogP contribution is -2.36. The highest BCUT2D eigenvalue weighted by atomic mass is 32.2. The minimum atomic E-state index is -4.22. The van der Waals surface area contributed by atoms with E-state index in [1.807, 2.05) is 11.6 Å². The number of anilines is 2. The summed E-state index contributed by atoms with van der Waals surface area (Å²) in [5.74, 6) is 0.609. The SMILES string of the molecule is CCOC(=O)CN(c1ccc2c(c1)nc(COc1ccc(N)cc1)n2C)S(=O)(=O)c1cccc2cccnc12. The molecule has 200 valence electrons. The molecular formula is C28H27N5O5S. The molecule has 0 spiro atoms. The molecule has 2 heterocycles. The molecule has 10 nitrogen and oxygen atoms in total. The maximum absolute atomic E-state index is 14.0. The number of aromatic nitrogens is 3. The van der Waals surface area contributed by atoms with Gasteiger partial charge in [0.1, 0.15) is 29.6 Å². The molecule has 0 bridgehead atoms. The van der Waals surface area contributed by atoms with Gasteiger partial charge in [0.05, 0.1) is 28.8 Å². The van der Waals surface area contributed by atoms with Gasteiger partial charge in [0.2, 0.25) is 0 Å². The molecule has 5 aromatic rings. The van der Waals surface area contributed by atoms with E-state index in [1.165, 1.54) is 12.3 Å². The van der Waals surface area contributed by atoms with Gasteiger partial charge in [0.25, 0.3) is 10.0 Å². The van der Waals surface area contributed by atoms with Gasteiger partial charge >= 0.3 is 5.97 Å². The van der Waals surface area contributed by atoms with Gasteiger partial charge in [-0.25, -0.2) is 13.4 Å². The van der Waals surface area contributed by atoms with Crippen molar-refractivity contribution in [2.75, 3.05) is 23.2 Å². The van der Waals surface area contributed by atoms with E-state index in [-0.39, 0.29) is 23.8 Å². The average molecular weight is 546 g/mol. The number of nitrogen functional groups attached to an aromatic ring is 1. The third-order valence-electron chi connectivity index (χ3n) is 6.23. The number of sulfonamides is 1. The van der Waals surface area contributed by atoms with Crippen molar-refractivity contribution >= 4 is 49.3 Å². The van der Waals surface area contributed by atoms with Crippen LogP contribution < -0.4 is 14.8 Å². The molecule has 0 saturated carbocycles. The number of fused-ring (bicyclic) bond motifs is 2. The van der Waals surface area contributed by atoms with E-state index in [1.54, 1.807) is 73.7 Å². The smallest absolute Gasteiger partial charge is 0.326 e. The maximum Gasteiger partial charge on any atom is 0.326 e. The van der Waals surface area contributed by atoms with Gasteiger partial charge < -0.3 is 19.8 Å². The summed E-state index contributed by atoms with van der Waals surface area (Å²) in [6.45, 7) is 1.47. The molecule has 2 aromatic heterocycles. The molecule has 0 saturated heterocycles. The third kappa shape index (κ3) is 5.21. The zero-order chi connectivity index (χ0) is 27.6. The fraction of sp³-hybridized carbons (Fsp3) is 0.179. The lowest BCUT2D eigenvalue weighted by molar-refractivity contribution is -0.141. The number of nitrogens with two attached hydrogens (primary N) is 1. The van der Waals surface area contributed by atoms with Crippen molar-refractivity contribution in [2.45, 2.75) is 18.4 Å². The number of aryl methyl sites for hydroxylation is 1. The molecule has 2 N–H and O–H groups in total. The van der Waals surface area contributed by atoms with Gasteiger partial charge in [-0.05, 0) is 61.5 Å². The quantitative estimate of drug-likeness (QED) is 0.217. The van der Waals surface area contributed by atoms with Crippen LogP contribution in [0.3, 0.4) is 0 Å². The largest absolute Gasteiger partial charge is 0.486 e. The van der Waals surface area contributed by atoms with E-state index >= 15 is 0 Å². The average Bonchev–Trinajstić information content (AvgIpc) is 3.25. The molecule has 0 unspecified atom stereocenters. The Morgan fingerprint density at radius 2 is 1.82 bits per heavy atom. The van der Waals surface area contributed by atoms with Gasteiger partial charge in [0, 0.05) is 24.3 Å². The maximum atomic E-state index is 14.0. The normalized spacial score (nSPS) is 11.5. The number of benzene rings is 3. The number of pyridine rings is 1. The van der Waals surface area contributed by atoms with E-state index in [2.05, 4.69) is 9.97 Å². The van der Waals surface area contributed by atoms with Gasteiger partial charge in [-0.3, -0.25) is 14.1 Å². The van der Waals surface area contributed by atoms with Gasteiger partial charge in [0.15, 0.2) is 0 Å².